The van der Waals surface area contributed by atoms with Crippen LogP contribution < -0.4 is 10.6 Å². The molecule has 5 atom stereocenters. The molecule has 9 heteroatoms. The van der Waals surface area contributed by atoms with Crippen molar-refractivity contribution in [3.05, 3.63) is 114 Å². The molecule has 0 spiro atoms. The van der Waals surface area contributed by atoms with E-state index < -0.39 is 35.5 Å². The minimum absolute atomic E-state index is 0.120. The molecule has 0 saturated carbocycles. The standard InChI is InChI=1S/C42H56N4O5/c1-9-22-45-26-30(5)46(27-29(45)4)38(34-16-13-17-35(47)25-34)32-18-20-33(21-19-32)39(48)43-36(24-31-14-11-10-12-15-31)40(49)44-37(23-28(2)3)41(50)51-42(6,7)8/h9-21,25,28-30,36-38,47H,1,22-24,26-27H2,2-8H3,(H,43,48)(H,44,49)/t29-,30+,36-,37-,38+/m0/s1. The molecule has 9 nitrogen and oxygen atoms in total. The Morgan fingerprint density at radius 3 is 2.20 bits per heavy atom. The number of nitrogens with one attached hydrogen (secondary N) is 2. The van der Waals surface area contributed by atoms with Gasteiger partial charge in [0.15, 0.2) is 0 Å². The predicted octanol–water partition coefficient (Wildman–Crippen LogP) is 6.28. The number of aromatic hydroxyl groups is 1. The van der Waals surface area contributed by atoms with E-state index in [1.165, 1.54) is 0 Å². The number of phenols is 1. The number of benzene rings is 3. The summed E-state index contributed by atoms with van der Waals surface area (Å²) in [6, 6.07) is 22.8. The van der Waals surface area contributed by atoms with Crippen LogP contribution in [0.5, 0.6) is 5.75 Å². The van der Waals surface area contributed by atoms with Crippen LogP contribution in [-0.2, 0) is 20.7 Å². The Balaban J connectivity index is 1.59. The number of amides is 2. The zero-order valence-electron chi connectivity index (χ0n) is 31.3. The van der Waals surface area contributed by atoms with Crippen molar-refractivity contribution in [1.82, 2.24) is 20.4 Å². The molecule has 3 aromatic rings. The maximum Gasteiger partial charge on any atom is 0.329 e. The molecule has 3 aromatic carbocycles. The SMILES string of the molecule is C=CCN1C[C@@H](C)N([C@H](c2ccc(C(=O)N[C@@H](Cc3ccccc3)C(=O)N[C@@H](CC(C)C)C(=O)OC(C)(C)C)cc2)c2cccc(O)c2)C[C@@H]1C. The number of nitrogens with zero attached hydrogens (tertiary/aromatic N) is 2. The number of carbonyl (C=O) groups is 3. The van der Waals surface area contributed by atoms with Crippen molar-refractivity contribution in [2.75, 3.05) is 19.6 Å². The third-order valence-corrected chi connectivity index (χ3v) is 9.15. The Bertz CT molecular complexity index is 1620. The molecule has 1 saturated heterocycles. The number of esters is 1. The summed E-state index contributed by atoms with van der Waals surface area (Å²) in [5.74, 6) is -1.04. The van der Waals surface area contributed by atoms with Crippen LogP contribution in [0.4, 0.5) is 0 Å². The lowest BCUT2D eigenvalue weighted by Gasteiger charge is -2.47. The van der Waals surface area contributed by atoms with Gasteiger partial charge >= 0.3 is 5.97 Å². The Labute approximate surface area is 304 Å². The zero-order valence-corrected chi connectivity index (χ0v) is 31.3. The van der Waals surface area contributed by atoms with Crippen molar-refractivity contribution in [2.24, 2.45) is 5.92 Å². The molecule has 0 aliphatic carbocycles. The van der Waals surface area contributed by atoms with E-state index in [4.69, 9.17) is 4.74 Å². The monoisotopic (exact) mass is 696 g/mol. The van der Waals surface area contributed by atoms with Gasteiger partial charge in [-0.1, -0.05) is 74.5 Å². The zero-order chi connectivity index (χ0) is 37.3. The number of ether oxygens (including phenoxy) is 1. The summed E-state index contributed by atoms with van der Waals surface area (Å²) >= 11 is 0. The molecule has 0 bridgehead atoms. The Morgan fingerprint density at radius 1 is 0.902 bits per heavy atom. The first-order valence-electron chi connectivity index (χ1n) is 18.0. The van der Waals surface area contributed by atoms with E-state index in [1.807, 2.05) is 74.5 Å². The molecule has 0 radical (unpaired) electrons. The summed E-state index contributed by atoms with van der Waals surface area (Å²) in [5.41, 5.74) is 2.51. The van der Waals surface area contributed by atoms with Crippen molar-refractivity contribution >= 4 is 17.8 Å². The third kappa shape index (κ3) is 11.3. The summed E-state index contributed by atoms with van der Waals surface area (Å²) < 4.78 is 5.63. The van der Waals surface area contributed by atoms with Crippen molar-refractivity contribution in [3.63, 3.8) is 0 Å². The fraction of sp³-hybridized carbons (Fsp3) is 0.452. The lowest BCUT2D eigenvalue weighted by atomic mass is 9.92. The van der Waals surface area contributed by atoms with Gasteiger partial charge in [-0.25, -0.2) is 4.79 Å². The van der Waals surface area contributed by atoms with E-state index in [1.54, 1.807) is 45.0 Å². The van der Waals surface area contributed by atoms with Gasteiger partial charge < -0.3 is 20.5 Å². The highest BCUT2D eigenvalue weighted by atomic mass is 16.6. The minimum Gasteiger partial charge on any atom is -0.508 e. The molecule has 274 valence electrons. The van der Waals surface area contributed by atoms with Crippen LogP contribution >= 0.6 is 0 Å². The third-order valence-electron chi connectivity index (χ3n) is 9.15. The van der Waals surface area contributed by atoms with Crippen molar-refractivity contribution in [1.29, 1.82) is 0 Å². The van der Waals surface area contributed by atoms with Crippen LogP contribution in [0.3, 0.4) is 0 Å². The average Bonchev–Trinajstić information content (AvgIpc) is 3.06. The van der Waals surface area contributed by atoms with Gasteiger partial charge in [0.1, 0.15) is 23.4 Å². The van der Waals surface area contributed by atoms with E-state index in [-0.39, 0.29) is 30.2 Å². The lowest BCUT2D eigenvalue weighted by Crippen LogP contribution is -2.57. The minimum atomic E-state index is -0.939. The average molecular weight is 697 g/mol. The first kappa shape index (κ1) is 39.3. The first-order valence-corrected chi connectivity index (χ1v) is 18.0. The van der Waals surface area contributed by atoms with Crippen LogP contribution in [0.15, 0.2) is 91.5 Å². The number of carbonyl (C=O) groups excluding carboxylic acids is 3. The van der Waals surface area contributed by atoms with E-state index >= 15 is 0 Å². The lowest BCUT2D eigenvalue weighted by molar-refractivity contribution is -0.159. The van der Waals surface area contributed by atoms with Gasteiger partial charge in [0.25, 0.3) is 5.91 Å². The van der Waals surface area contributed by atoms with Gasteiger partial charge in [-0.2, -0.15) is 0 Å². The molecule has 4 rings (SSSR count). The molecule has 1 heterocycles. The van der Waals surface area contributed by atoms with Crippen LogP contribution in [-0.4, -0.2) is 82.1 Å². The second-order valence-corrected chi connectivity index (χ2v) is 15.2. The van der Waals surface area contributed by atoms with Crippen molar-refractivity contribution in [3.8, 4) is 5.75 Å². The molecule has 3 N–H and O–H groups in total. The second-order valence-electron chi connectivity index (χ2n) is 15.2. The Kier molecular flexibility index (Phi) is 13.6. The van der Waals surface area contributed by atoms with Crippen LogP contribution in [0.2, 0.25) is 0 Å². The molecule has 51 heavy (non-hydrogen) atoms. The van der Waals surface area contributed by atoms with Gasteiger partial charge in [0.05, 0.1) is 6.04 Å². The quantitative estimate of drug-likeness (QED) is 0.135. The molecule has 0 unspecified atom stereocenters. The highest BCUT2D eigenvalue weighted by Crippen LogP contribution is 2.34. The molecule has 0 aromatic heterocycles. The molecule has 1 fully saturated rings. The number of phenolic OH excluding ortho intramolecular Hbond substituents is 1. The Hall–Kier alpha value is -4.47. The van der Waals surface area contributed by atoms with E-state index in [0.29, 0.717) is 18.0 Å². The first-order chi connectivity index (χ1) is 24.1. The number of hydrogen-bond acceptors (Lipinski definition) is 7. The highest BCUT2D eigenvalue weighted by Gasteiger charge is 2.35. The topological polar surface area (TPSA) is 111 Å². The van der Waals surface area contributed by atoms with E-state index in [2.05, 4.69) is 40.9 Å². The van der Waals surface area contributed by atoms with Crippen LogP contribution in [0.1, 0.15) is 88.0 Å². The maximum absolute atomic E-state index is 13.8. The van der Waals surface area contributed by atoms with E-state index in [9.17, 15) is 19.5 Å². The van der Waals surface area contributed by atoms with Crippen molar-refractivity contribution in [2.45, 2.75) is 97.1 Å². The molecular formula is C42H56N4O5. The summed E-state index contributed by atoms with van der Waals surface area (Å²) in [4.78, 5) is 45.6. The van der Waals surface area contributed by atoms with E-state index in [0.717, 1.165) is 36.3 Å². The largest absolute Gasteiger partial charge is 0.508 e. The van der Waals surface area contributed by atoms with Gasteiger partial charge in [-0.05, 0) is 87.9 Å². The van der Waals surface area contributed by atoms with Crippen molar-refractivity contribution < 1.29 is 24.2 Å². The van der Waals surface area contributed by atoms with Gasteiger partial charge in [-0.15, -0.1) is 6.58 Å². The summed E-state index contributed by atoms with van der Waals surface area (Å²) in [6.45, 7) is 20.2. The summed E-state index contributed by atoms with van der Waals surface area (Å²) in [7, 11) is 0. The smallest absolute Gasteiger partial charge is 0.329 e. The van der Waals surface area contributed by atoms with Gasteiger partial charge in [0, 0.05) is 43.7 Å². The molecule has 1 aliphatic rings. The number of rotatable bonds is 14. The molecule has 2 amide bonds. The molecule has 1 aliphatic heterocycles. The normalized spacial score (nSPS) is 18.7. The highest BCUT2D eigenvalue weighted by molar-refractivity contribution is 5.98. The predicted molar refractivity (Wildman–Crippen MR) is 202 cm³/mol. The second kappa shape index (κ2) is 17.6. The fourth-order valence-electron chi connectivity index (χ4n) is 6.72. The number of hydrogen-bond donors (Lipinski definition) is 3. The van der Waals surface area contributed by atoms with Crippen LogP contribution in [0, 0.1) is 5.92 Å². The summed E-state index contributed by atoms with van der Waals surface area (Å²) in [5, 5.41) is 16.3. The number of piperazine rings is 1. The maximum atomic E-state index is 13.8. The fourth-order valence-corrected chi connectivity index (χ4v) is 6.72. The summed E-state index contributed by atoms with van der Waals surface area (Å²) in [6.07, 6.45) is 2.58. The molecular weight excluding hydrogens is 640 g/mol. The Morgan fingerprint density at radius 2 is 1.59 bits per heavy atom. The van der Waals surface area contributed by atoms with Gasteiger partial charge in [0.2, 0.25) is 5.91 Å². The van der Waals surface area contributed by atoms with Gasteiger partial charge in [-0.3, -0.25) is 19.4 Å². The van der Waals surface area contributed by atoms with Crippen LogP contribution in [0.25, 0.3) is 0 Å².